The van der Waals surface area contributed by atoms with Crippen LogP contribution in [0.1, 0.15) is 39.1 Å². The summed E-state index contributed by atoms with van der Waals surface area (Å²) in [6.07, 6.45) is 1.87. The van der Waals surface area contributed by atoms with Gasteiger partial charge in [-0.1, -0.05) is 13.8 Å². The van der Waals surface area contributed by atoms with E-state index in [-0.39, 0.29) is 17.9 Å². The number of rotatable bonds is 7. The monoisotopic (exact) mass is 254 g/mol. The second-order valence-corrected chi connectivity index (χ2v) is 4.48. The summed E-state index contributed by atoms with van der Waals surface area (Å²) in [4.78, 5) is 16.0. The summed E-state index contributed by atoms with van der Waals surface area (Å²) in [6, 6.07) is -0.119. The molecule has 0 aromatic carbocycles. The number of nitrogens with one attached hydrogen (secondary N) is 1. The number of aromatic nitrogens is 3. The molecular weight excluding hydrogens is 232 g/mol. The van der Waals surface area contributed by atoms with Crippen LogP contribution in [0.15, 0.2) is 6.33 Å². The van der Waals surface area contributed by atoms with E-state index in [4.69, 9.17) is 4.74 Å². The molecular formula is C12H22N4O2. The maximum Gasteiger partial charge on any atom is 0.222 e. The molecule has 0 unspecified atom stereocenters. The summed E-state index contributed by atoms with van der Waals surface area (Å²) in [6.45, 7) is 7.08. The van der Waals surface area contributed by atoms with Gasteiger partial charge in [-0.05, 0) is 12.8 Å². The van der Waals surface area contributed by atoms with Crippen molar-refractivity contribution in [3.05, 3.63) is 12.2 Å². The molecule has 0 bridgehead atoms. The predicted octanol–water partition coefficient (Wildman–Crippen LogP) is 1.05. The van der Waals surface area contributed by atoms with Crippen LogP contribution in [-0.4, -0.2) is 33.9 Å². The molecule has 0 fully saturated rings. The Hall–Kier alpha value is -1.43. The molecule has 1 heterocycles. The fourth-order valence-corrected chi connectivity index (χ4v) is 1.67. The summed E-state index contributed by atoms with van der Waals surface area (Å²) in [7, 11) is 1.82. The number of carbonyl (C=O) groups is 1. The van der Waals surface area contributed by atoms with E-state index in [0.29, 0.717) is 19.6 Å². The van der Waals surface area contributed by atoms with Gasteiger partial charge in [0.15, 0.2) is 0 Å². The van der Waals surface area contributed by atoms with E-state index in [1.54, 1.807) is 4.68 Å². The fraction of sp³-hybridized carbons (Fsp3) is 0.750. The molecule has 0 saturated heterocycles. The van der Waals surface area contributed by atoms with Gasteiger partial charge in [0.05, 0.1) is 12.6 Å². The number of ether oxygens (including phenoxy) is 1. The van der Waals surface area contributed by atoms with Gasteiger partial charge >= 0.3 is 0 Å². The first-order chi connectivity index (χ1) is 8.56. The van der Waals surface area contributed by atoms with Gasteiger partial charge in [-0.15, -0.1) is 0 Å². The Kier molecular flexibility index (Phi) is 5.77. The minimum Gasteiger partial charge on any atom is -0.381 e. The Morgan fingerprint density at radius 2 is 2.28 bits per heavy atom. The van der Waals surface area contributed by atoms with Crippen LogP contribution < -0.4 is 5.32 Å². The molecule has 18 heavy (non-hydrogen) atoms. The quantitative estimate of drug-likeness (QED) is 0.739. The van der Waals surface area contributed by atoms with Crippen LogP contribution in [0, 0.1) is 5.92 Å². The zero-order valence-corrected chi connectivity index (χ0v) is 11.5. The predicted molar refractivity (Wildman–Crippen MR) is 67.8 cm³/mol. The average Bonchev–Trinajstić information content (AvgIpc) is 2.72. The van der Waals surface area contributed by atoms with Gasteiger partial charge in [0.1, 0.15) is 12.2 Å². The highest BCUT2D eigenvalue weighted by atomic mass is 16.5. The molecule has 0 saturated carbocycles. The fourth-order valence-electron chi connectivity index (χ4n) is 1.67. The molecule has 0 aliphatic heterocycles. The van der Waals surface area contributed by atoms with Gasteiger partial charge in [-0.25, -0.2) is 4.98 Å². The van der Waals surface area contributed by atoms with Gasteiger partial charge < -0.3 is 10.1 Å². The Morgan fingerprint density at radius 3 is 2.78 bits per heavy atom. The minimum absolute atomic E-state index is 0.0230. The lowest BCUT2D eigenvalue weighted by Gasteiger charge is -2.21. The highest BCUT2D eigenvalue weighted by Crippen LogP contribution is 2.18. The smallest absolute Gasteiger partial charge is 0.222 e. The van der Waals surface area contributed by atoms with Crippen LogP contribution >= 0.6 is 0 Å². The molecule has 1 rings (SSSR count). The van der Waals surface area contributed by atoms with E-state index in [9.17, 15) is 4.79 Å². The van der Waals surface area contributed by atoms with Crippen molar-refractivity contribution < 1.29 is 9.53 Å². The zero-order valence-electron chi connectivity index (χ0n) is 11.5. The van der Waals surface area contributed by atoms with Gasteiger partial charge in [-0.2, -0.15) is 5.10 Å². The minimum atomic E-state index is -0.119. The van der Waals surface area contributed by atoms with Crippen LogP contribution in [0.5, 0.6) is 0 Å². The van der Waals surface area contributed by atoms with Crippen molar-refractivity contribution in [1.82, 2.24) is 20.1 Å². The topological polar surface area (TPSA) is 69.0 Å². The number of hydrogen-bond acceptors (Lipinski definition) is 4. The van der Waals surface area contributed by atoms with Crippen LogP contribution in [-0.2, 0) is 16.6 Å². The van der Waals surface area contributed by atoms with Crippen molar-refractivity contribution in [2.45, 2.75) is 33.2 Å². The molecule has 0 spiro atoms. The van der Waals surface area contributed by atoms with Crippen LogP contribution in [0.2, 0.25) is 0 Å². The summed E-state index contributed by atoms with van der Waals surface area (Å²) >= 11 is 0. The Balaban J connectivity index is 2.59. The number of nitrogens with zero attached hydrogens (tertiary/aromatic N) is 3. The first-order valence-corrected chi connectivity index (χ1v) is 6.27. The largest absolute Gasteiger partial charge is 0.381 e. The third-order valence-corrected chi connectivity index (χ3v) is 2.69. The molecule has 1 N–H and O–H groups in total. The summed E-state index contributed by atoms with van der Waals surface area (Å²) in [5.74, 6) is 1.00. The van der Waals surface area contributed by atoms with Gasteiger partial charge in [0.25, 0.3) is 0 Å². The SMILES string of the molecule is CCOCCC(=O)N[C@@H](c1ncnn1C)C(C)C. The summed E-state index contributed by atoms with van der Waals surface area (Å²) < 4.78 is 6.85. The standard InChI is InChI=1S/C12H22N4O2/c1-5-18-7-6-10(17)15-11(9(2)3)12-13-8-14-16(12)4/h8-9,11H,5-7H2,1-4H3,(H,15,17)/t11-/m1/s1. The number of amides is 1. The zero-order chi connectivity index (χ0) is 13.5. The molecule has 6 heteroatoms. The lowest BCUT2D eigenvalue weighted by Crippen LogP contribution is -2.34. The van der Waals surface area contributed by atoms with E-state index in [1.807, 2.05) is 27.8 Å². The maximum atomic E-state index is 11.8. The molecule has 1 aromatic heterocycles. The highest BCUT2D eigenvalue weighted by molar-refractivity contribution is 5.76. The Labute approximate surface area is 108 Å². The van der Waals surface area contributed by atoms with Gasteiger partial charge in [-0.3, -0.25) is 9.48 Å². The highest BCUT2D eigenvalue weighted by Gasteiger charge is 2.22. The first kappa shape index (κ1) is 14.6. The van der Waals surface area contributed by atoms with Crippen molar-refractivity contribution in [3.8, 4) is 0 Å². The van der Waals surface area contributed by atoms with Crippen molar-refractivity contribution in [3.63, 3.8) is 0 Å². The van der Waals surface area contributed by atoms with E-state index in [1.165, 1.54) is 6.33 Å². The second-order valence-electron chi connectivity index (χ2n) is 4.48. The third-order valence-electron chi connectivity index (χ3n) is 2.69. The third kappa shape index (κ3) is 4.10. The molecule has 1 aromatic rings. The number of carbonyl (C=O) groups excluding carboxylic acids is 1. The van der Waals surface area contributed by atoms with E-state index in [0.717, 1.165) is 5.82 Å². The van der Waals surface area contributed by atoms with Gasteiger partial charge in [0.2, 0.25) is 5.91 Å². The lowest BCUT2D eigenvalue weighted by molar-refractivity contribution is -0.123. The van der Waals surface area contributed by atoms with Crippen molar-refractivity contribution in [2.24, 2.45) is 13.0 Å². The molecule has 1 atom stereocenters. The van der Waals surface area contributed by atoms with Crippen LogP contribution in [0.3, 0.4) is 0 Å². The average molecular weight is 254 g/mol. The number of hydrogen-bond donors (Lipinski definition) is 1. The van der Waals surface area contributed by atoms with Crippen molar-refractivity contribution >= 4 is 5.91 Å². The van der Waals surface area contributed by atoms with Crippen LogP contribution in [0.25, 0.3) is 0 Å². The van der Waals surface area contributed by atoms with E-state index < -0.39 is 0 Å². The van der Waals surface area contributed by atoms with Crippen molar-refractivity contribution in [1.29, 1.82) is 0 Å². The normalized spacial score (nSPS) is 12.7. The van der Waals surface area contributed by atoms with Crippen molar-refractivity contribution in [2.75, 3.05) is 13.2 Å². The second kappa shape index (κ2) is 7.10. The summed E-state index contributed by atoms with van der Waals surface area (Å²) in [5, 5.41) is 7.01. The molecule has 0 aliphatic rings. The molecule has 0 aliphatic carbocycles. The summed E-state index contributed by atoms with van der Waals surface area (Å²) in [5.41, 5.74) is 0. The first-order valence-electron chi connectivity index (χ1n) is 6.27. The van der Waals surface area contributed by atoms with E-state index in [2.05, 4.69) is 15.4 Å². The lowest BCUT2D eigenvalue weighted by atomic mass is 10.0. The van der Waals surface area contributed by atoms with E-state index >= 15 is 0 Å². The Bertz CT molecular complexity index is 376. The van der Waals surface area contributed by atoms with Gasteiger partial charge in [0, 0.05) is 20.1 Å². The molecule has 102 valence electrons. The van der Waals surface area contributed by atoms with Crippen LogP contribution in [0.4, 0.5) is 0 Å². The molecule has 6 nitrogen and oxygen atoms in total. The molecule has 1 amide bonds. The Morgan fingerprint density at radius 1 is 1.56 bits per heavy atom. The maximum absolute atomic E-state index is 11.8. The number of aryl methyl sites for hydroxylation is 1. The molecule has 0 radical (unpaired) electrons.